The van der Waals surface area contributed by atoms with Crippen LogP contribution in [0.4, 0.5) is 0 Å². The van der Waals surface area contributed by atoms with Crippen LogP contribution in [0.5, 0.6) is 0 Å². The Hall–Kier alpha value is -3.09. The van der Waals surface area contributed by atoms with E-state index in [9.17, 15) is 0 Å². The average Bonchev–Trinajstić information content (AvgIpc) is 3.76. The number of benzene rings is 5. The third kappa shape index (κ3) is 13.8. The molecule has 0 radical (unpaired) electrons. The maximum atomic E-state index is 3.88. The van der Waals surface area contributed by atoms with Gasteiger partial charge in [0.1, 0.15) is 0 Å². The van der Waals surface area contributed by atoms with Crippen molar-refractivity contribution >= 4 is 29.0 Å². The molecule has 0 saturated heterocycles. The largest absolute Gasteiger partial charge is 0.184 e. The van der Waals surface area contributed by atoms with Crippen molar-refractivity contribution in [3.63, 3.8) is 0 Å². The molecule has 0 bridgehead atoms. The Balaban J connectivity index is 0.000000568. The van der Waals surface area contributed by atoms with Gasteiger partial charge in [-0.25, -0.2) is 6.08 Å². The topological polar surface area (TPSA) is 0 Å². The number of hydrogen-bond acceptors (Lipinski definition) is 0. The predicted octanol–water partition coefficient (Wildman–Crippen LogP) is 15.1. The summed E-state index contributed by atoms with van der Waals surface area (Å²) in [5.74, 6) is 0.522. The number of hydrogen-bond donors (Lipinski definition) is 0. The Bertz CT molecular complexity index is 1800. The van der Waals surface area contributed by atoms with E-state index in [0.29, 0.717) is 11.3 Å². The van der Waals surface area contributed by atoms with Gasteiger partial charge in [0.05, 0.1) is 0 Å². The fraction of sp³-hybridized carbons (Fsp3) is 0.308. The zero-order valence-electron chi connectivity index (χ0n) is 35.1. The van der Waals surface area contributed by atoms with Crippen LogP contribution < -0.4 is 0 Å². The summed E-state index contributed by atoms with van der Waals surface area (Å²) in [4.78, 5) is 0. The Morgan fingerprint density at radius 2 is 1.11 bits per heavy atom. The monoisotopic (exact) mass is 846 g/mol. The number of fused-ring (bicyclic) bond motifs is 3. The van der Waals surface area contributed by atoms with Crippen LogP contribution >= 0.6 is 24.8 Å². The zero-order chi connectivity index (χ0) is 39.4. The summed E-state index contributed by atoms with van der Waals surface area (Å²) in [7, 11) is 0. The molecule has 0 nitrogen and oxygen atoms in total. The molecule has 0 heterocycles. The van der Waals surface area contributed by atoms with Crippen molar-refractivity contribution < 1.29 is 24.2 Å². The molecule has 0 aromatic heterocycles. The van der Waals surface area contributed by atoms with Crippen molar-refractivity contribution in [1.82, 2.24) is 0 Å². The molecule has 7 rings (SSSR count). The molecule has 0 fully saturated rings. The maximum Gasteiger partial charge on any atom is -0.171 e. The smallest absolute Gasteiger partial charge is 0.171 e. The maximum absolute atomic E-state index is 3.88. The third-order valence-electron chi connectivity index (χ3n) is 9.23. The van der Waals surface area contributed by atoms with Crippen LogP contribution in [0, 0.1) is 36.5 Å². The van der Waals surface area contributed by atoms with E-state index in [1.807, 2.05) is 30.3 Å². The number of rotatable bonds is 2. The summed E-state index contributed by atoms with van der Waals surface area (Å²) in [5.41, 5.74) is 15.2. The van der Waals surface area contributed by atoms with Crippen LogP contribution in [0.2, 0.25) is 0 Å². The van der Waals surface area contributed by atoms with Gasteiger partial charge in [0, 0.05) is 0 Å². The molecule has 3 heteroatoms. The summed E-state index contributed by atoms with van der Waals surface area (Å²) in [6, 6.07) is 45.3. The molecule has 5 aromatic carbocycles. The zero-order valence-corrected chi connectivity index (χ0v) is 39.2. The molecule has 0 amide bonds. The van der Waals surface area contributed by atoms with Crippen LogP contribution in [-0.4, -0.2) is 4.21 Å². The Kier molecular flexibility index (Phi) is 20.5. The third-order valence-corrected chi connectivity index (χ3v) is 9.23. The van der Waals surface area contributed by atoms with Gasteiger partial charge in [-0.1, -0.05) is 170 Å². The van der Waals surface area contributed by atoms with Crippen molar-refractivity contribution in [3.05, 3.63) is 174 Å². The van der Waals surface area contributed by atoms with E-state index in [-0.39, 0.29) is 35.6 Å². The second kappa shape index (κ2) is 22.6. The minimum atomic E-state index is 0. The van der Waals surface area contributed by atoms with Crippen molar-refractivity contribution in [2.45, 2.75) is 93.4 Å². The van der Waals surface area contributed by atoms with E-state index in [1.54, 1.807) is 6.92 Å². The second-order valence-corrected chi connectivity index (χ2v) is 16.5. The fourth-order valence-electron chi connectivity index (χ4n) is 6.50. The van der Waals surface area contributed by atoms with E-state index in [2.05, 4.69) is 190 Å². The SMILES string of the molecule is CC(C)(C)c1cc2c([c-]c1-c1ccccc1)Cc1cc(-c3ccccc3)c(C(C)(C)C)cc1-2.CC1[C-]=CC(C(C)(C)C)=C1.Cl.Cl.[CH2-]C.[CH2]=[Zr].[c-]1ccccc1. The molecule has 5 aromatic rings. The van der Waals surface area contributed by atoms with Crippen molar-refractivity contribution in [1.29, 1.82) is 0 Å². The standard InChI is InChI=1S/C33H33.C10H15.C6H5.C2H5.CH2.2ClH.Zr/c1-32(2,3)30-20-26-24(18-28(30)22-13-9-7-10-14-22)17-25-19-29(23-15-11-8-12-16-23)31(21-27(25)26)33(4,5)6;1-8-5-6-9(7-8)10(2,3)4;1-2-4-6-5-3-1;1-2;;;;/h7-16,18,20-21H,17H2,1-6H3;6-8H,1-4H3;1-5H;1H2,2H3;1H2;2*1H;/q4*-1;;;;. The minimum absolute atomic E-state index is 0. The summed E-state index contributed by atoms with van der Waals surface area (Å²) in [6.07, 6.45) is 8.60. The molecule has 0 N–H and O–H groups in total. The van der Waals surface area contributed by atoms with Crippen molar-refractivity contribution in [2.24, 2.45) is 11.3 Å². The molecular formula is C52H62Cl2Zr-4. The first-order valence-electron chi connectivity index (χ1n) is 18.8. The predicted molar refractivity (Wildman–Crippen MR) is 244 cm³/mol. The van der Waals surface area contributed by atoms with Crippen LogP contribution in [-0.2, 0) is 41.5 Å². The minimum Gasteiger partial charge on any atom is -0.184 e. The molecule has 0 aliphatic heterocycles. The van der Waals surface area contributed by atoms with Crippen LogP contribution in [0.15, 0.2) is 127 Å². The van der Waals surface area contributed by atoms with Gasteiger partial charge in [-0.15, -0.1) is 53.6 Å². The quantitative estimate of drug-likeness (QED) is 0.152. The normalized spacial score (nSPS) is 13.4. The Morgan fingerprint density at radius 1 is 0.618 bits per heavy atom. The van der Waals surface area contributed by atoms with Gasteiger partial charge < -0.3 is 6.92 Å². The Morgan fingerprint density at radius 3 is 1.51 bits per heavy atom. The fourth-order valence-corrected chi connectivity index (χ4v) is 6.50. The van der Waals surface area contributed by atoms with E-state index >= 15 is 0 Å². The van der Waals surface area contributed by atoms with E-state index in [1.165, 1.54) is 85.4 Å². The second-order valence-electron chi connectivity index (χ2n) is 16.5. The molecular weight excluding hydrogens is 787 g/mol. The van der Waals surface area contributed by atoms with Gasteiger partial charge in [0.2, 0.25) is 0 Å². The van der Waals surface area contributed by atoms with Gasteiger partial charge in [-0.05, 0) is 39.5 Å². The van der Waals surface area contributed by atoms with Crippen LogP contribution in [0.3, 0.4) is 0 Å². The molecule has 0 saturated carbocycles. The summed E-state index contributed by atoms with van der Waals surface area (Å²) >= 11 is 1.30. The van der Waals surface area contributed by atoms with Crippen molar-refractivity contribution in [2.75, 3.05) is 0 Å². The number of halogens is 2. The number of allylic oxidation sites excluding steroid dienone is 4. The summed E-state index contributed by atoms with van der Waals surface area (Å²) in [6.45, 7) is 27.7. The molecule has 1 atom stereocenters. The summed E-state index contributed by atoms with van der Waals surface area (Å²) < 4.78 is 3.34. The van der Waals surface area contributed by atoms with E-state index in [0.717, 1.165) is 6.42 Å². The molecule has 0 spiro atoms. The first-order chi connectivity index (χ1) is 25.1. The van der Waals surface area contributed by atoms with Gasteiger partial charge in [-0.2, -0.15) is 55.0 Å². The van der Waals surface area contributed by atoms with Gasteiger partial charge in [-0.3, -0.25) is 6.08 Å². The Labute approximate surface area is 363 Å². The summed E-state index contributed by atoms with van der Waals surface area (Å²) in [5, 5.41) is 0. The van der Waals surface area contributed by atoms with Crippen LogP contribution in [0.1, 0.15) is 98.4 Å². The van der Waals surface area contributed by atoms with Gasteiger partial charge in [0.15, 0.2) is 0 Å². The molecule has 2 aliphatic carbocycles. The van der Waals surface area contributed by atoms with E-state index < -0.39 is 0 Å². The van der Waals surface area contributed by atoms with E-state index in [4.69, 9.17) is 0 Å². The molecule has 292 valence electrons. The molecule has 55 heavy (non-hydrogen) atoms. The average molecular weight is 849 g/mol. The van der Waals surface area contributed by atoms with Crippen LogP contribution in [0.25, 0.3) is 33.4 Å². The first-order valence-corrected chi connectivity index (χ1v) is 20.5. The first kappa shape index (κ1) is 49.9. The van der Waals surface area contributed by atoms with Gasteiger partial charge in [0.25, 0.3) is 0 Å². The van der Waals surface area contributed by atoms with Gasteiger partial charge >= 0.3 is 28.4 Å². The molecule has 1 unspecified atom stereocenters. The van der Waals surface area contributed by atoms with Crippen molar-refractivity contribution in [3.8, 4) is 33.4 Å². The molecule has 2 aliphatic rings.